The van der Waals surface area contributed by atoms with Gasteiger partial charge in [0.1, 0.15) is 17.6 Å². The number of nitrogens with zero attached hydrogens (tertiary/aromatic N) is 1. The monoisotopic (exact) mass is 476 g/mol. The topological polar surface area (TPSA) is 58.6 Å². The molecule has 5 nitrogen and oxygen atoms in total. The second-order valence-corrected chi connectivity index (χ2v) is 8.77. The third-order valence-electron chi connectivity index (χ3n) is 5.69. The quantitative estimate of drug-likeness (QED) is 0.427. The van der Waals surface area contributed by atoms with Gasteiger partial charge >= 0.3 is 0 Å². The number of carbonyl (C=O) groups is 2. The highest BCUT2D eigenvalue weighted by molar-refractivity contribution is 5.88. The van der Waals surface area contributed by atoms with Gasteiger partial charge in [-0.25, -0.2) is 4.39 Å². The van der Waals surface area contributed by atoms with Gasteiger partial charge in [-0.05, 0) is 49.6 Å². The van der Waals surface area contributed by atoms with Crippen LogP contribution in [0.1, 0.15) is 37.5 Å². The Kier molecular flexibility index (Phi) is 9.41. The van der Waals surface area contributed by atoms with Crippen molar-refractivity contribution < 1.29 is 18.7 Å². The third kappa shape index (κ3) is 7.67. The molecular weight excluding hydrogens is 443 g/mol. The van der Waals surface area contributed by atoms with Crippen LogP contribution in [0.4, 0.5) is 4.39 Å². The predicted molar refractivity (Wildman–Crippen MR) is 135 cm³/mol. The first-order valence-electron chi connectivity index (χ1n) is 12.0. The highest BCUT2D eigenvalue weighted by Gasteiger charge is 2.31. The van der Waals surface area contributed by atoms with Crippen LogP contribution in [-0.4, -0.2) is 35.4 Å². The number of amides is 2. The number of hydrogen-bond acceptors (Lipinski definition) is 3. The minimum Gasteiger partial charge on any atom is -0.484 e. The third-order valence-corrected chi connectivity index (χ3v) is 5.69. The van der Waals surface area contributed by atoms with Crippen LogP contribution >= 0.6 is 0 Å². The fourth-order valence-electron chi connectivity index (χ4n) is 3.79. The van der Waals surface area contributed by atoms with Crippen LogP contribution in [0.25, 0.3) is 0 Å². The summed E-state index contributed by atoms with van der Waals surface area (Å²) in [6.07, 6.45) is 1.20. The van der Waals surface area contributed by atoms with Crippen LogP contribution in [0.3, 0.4) is 0 Å². The number of nitrogens with one attached hydrogen (secondary N) is 1. The van der Waals surface area contributed by atoms with E-state index in [1.54, 1.807) is 18.2 Å². The van der Waals surface area contributed by atoms with Crippen molar-refractivity contribution >= 4 is 11.8 Å². The molecule has 0 aliphatic carbocycles. The average molecular weight is 477 g/mol. The molecule has 6 heteroatoms. The Morgan fingerprint density at radius 2 is 1.57 bits per heavy atom. The van der Waals surface area contributed by atoms with Crippen LogP contribution in [0, 0.1) is 5.82 Å². The Morgan fingerprint density at radius 1 is 0.914 bits per heavy atom. The van der Waals surface area contributed by atoms with Gasteiger partial charge in [0.05, 0.1) is 0 Å². The number of carbonyl (C=O) groups excluding carboxylic acids is 2. The van der Waals surface area contributed by atoms with Crippen molar-refractivity contribution in [1.82, 2.24) is 10.2 Å². The lowest BCUT2D eigenvalue weighted by molar-refractivity contribution is -0.143. The van der Waals surface area contributed by atoms with Crippen molar-refractivity contribution in [2.45, 2.75) is 52.2 Å². The lowest BCUT2D eigenvalue weighted by Crippen LogP contribution is -2.53. The first-order chi connectivity index (χ1) is 16.9. The molecule has 0 saturated heterocycles. The summed E-state index contributed by atoms with van der Waals surface area (Å²) in [5.74, 6) is -0.551. The number of hydrogen-bond donors (Lipinski definition) is 1. The summed E-state index contributed by atoms with van der Waals surface area (Å²) in [5, 5.41) is 2.92. The Bertz CT molecular complexity index is 1100. The van der Waals surface area contributed by atoms with Gasteiger partial charge in [0.25, 0.3) is 5.91 Å². The zero-order chi connectivity index (χ0) is 25.2. The van der Waals surface area contributed by atoms with Crippen molar-refractivity contribution in [2.24, 2.45) is 0 Å². The summed E-state index contributed by atoms with van der Waals surface area (Å²) in [4.78, 5) is 28.2. The summed E-state index contributed by atoms with van der Waals surface area (Å²) < 4.78 is 20.3. The van der Waals surface area contributed by atoms with Crippen LogP contribution in [0.5, 0.6) is 5.75 Å². The second kappa shape index (κ2) is 12.7. The minimum atomic E-state index is -0.835. The van der Waals surface area contributed by atoms with Crippen LogP contribution in [0.15, 0.2) is 78.9 Å². The van der Waals surface area contributed by atoms with Gasteiger partial charge in [-0.3, -0.25) is 9.59 Å². The number of benzene rings is 3. The maximum atomic E-state index is 14.6. The van der Waals surface area contributed by atoms with E-state index in [9.17, 15) is 14.0 Å². The second-order valence-electron chi connectivity index (χ2n) is 8.77. The number of rotatable bonds is 11. The van der Waals surface area contributed by atoms with Crippen molar-refractivity contribution in [2.75, 3.05) is 6.61 Å². The van der Waals surface area contributed by atoms with Crippen molar-refractivity contribution in [3.63, 3.8) is 0 Å². The molecule has 3 aromatic rings. The maximum absolute atomic E-state index is 14.6. The highest BCUT2D eigenvalue weighted by atomic mass is 19.1. The maximum Gasteiger partial charge on any atom is 0.261 e. The molecule has 0 bridgehead atoms. The molecule has 0 heterocycles. The van der Waals surface area contributed by atoms with Gasteiger partial charge in [0.2, 0.25) is 5.91 Å². The molecule has 1 atom stereocenters. The summed E-state index contributed by atoms with van der Waals surface area (Å²) in [6.45, 7) is 5.48. The zero-order valence-corrected chi connectivity index (χ0v) is 20.5. The standard InChI is InChI=1S/C29H33FN2O3/c1-4-22-14-16-25(17-15-22)35-20-28(33)32(19-24-12-8-9-13-26(24)30)27(29(34)31-21(2)3)18-23-10-6-5-7-11-23/h5-17,21,27H,4,18-20H2,1-3H3,(H,31,34). The van der Waals surface area contributed by atoms with E-state index < -0.39 is 17.8 Å². The lowest BCUT2D eigenvalue weighted by Gasteiger charge is -2.32. The van der Waals surface area contributed by atoms with E-state index in [0.29, 0.717) is 17.7 Å². The van der Waals surface area contributed by atoms with Gasteiger partial charge in [-0.15, -0.1) is 0 Å². The Morgan fingerprint density at radius 3 is 2.20 bits per heavy atom. The molecule has 0 fully saturated rings. The van der Waals surface area contributed by atoms with Crippen molar-refractivity contribution in [3.05, 3.63) is 101 Å². The molecular formula is C29H33FN2O3. The SMILES string of the molecule is CCc1ccc(OCC(=O)N(Cc2ccccc2F)C(Cc2ccccc2)C(=O)NC(C)C)cc1. The van der Waals surface area contributed by atoms with E-state index in [4.69, 9.17) is 4.74 Å². The van der Waals surface area contributed by atoms with E-state index in [1.807, 2.05) is 68.4 Å². The summed E-state index contributed by atoms with van der Waals surface area (Å²) >= 11 is 0. The molecule has 0 aromatic heterocycles. The molecule has 0 radical (unpaired) electrons. The normalized spacial score (nSPS) is 11.7. The Labute approximate surface area is 206 Å². The molecule has 35 heavy (non-hydrogen) atoms. The highest BCUT2D eigenvalue weighted by Crippen LogP contribution is 2.18. The Hall–Kier alpha value is -3.67. The summed E-state index contributed by atoms with van der Waals surface area (Å²) in [6, 6.07) is 22.4. The van der Waals surface area contributed by atoms with Gasteiger partial charge in [0.15, 0.2) is 6.61 Å². The Balaban J connectivity index is 1.89. The van der Waals surface area contributed by atoms with E-state index in [1.165, 1.54) is 11.0 Å². The van der Waals surface area contributed by atoms with Gasteiger partial charge in [0, 0.05) is 24.6 Å². The lowest BCUT2D eigenvalue weighted by atomic mass is 10.0. The molecule has 3 aromatic carbocycles. The molecule has 0 spiro atoms. The fraction of sp³-hybridized carbons (Fsp3) is 0.310. The van der Waals surface area contributed by atoms with Crippen LogP contribution in [0.2, 0.25) is 0 Å². The molecule has 1 unspecified atom stereocenters. The van der Waals surface area contributed by atoms with E-state index >= 15 is 0 Å². The van der Waals surface area contributed by atoms with E-state index in [2.05, 4.69) is 12.2 Å². The molecule has 0 aliphatic heterocycles. The molecule has 0 aliphatic rings. The van der Waals surface area contributed by atoms with Crippen LogP contribution < -0.4 is 10.1 Å². The molecule has 3 rings (SSSR count). The van der Waals surface area contributed by atoms with Crippen molar-refractivity contribution in [1.29, 1.82) is 0 Å². The van der Waals surface area contributed by atoms with Crippen LogP contribution in [-0.2, 0) is 29.0 Å². The fourth-order valence-corrected chi connectivity index (χ4v) is 3.79. The number of halogens is 1. The molecule has 0 saturated carbocycles. The first-order valence-corrected chi connectivity index (χ1v) is 12.0. The summed E-state index contributed by atoms with van der Waals surface area (Å²) in [7, 11) is 0. The van der Waals surface area contributed by atoms with E-state index in [0.717, 1.165) is 17.5 Å². The number of ether oxygens (including phenoxy) is 1. The van der Waals surface area contributed by atoms with Crippen molar-refractivity contribution in [3.8, 4) is 5.75 Å². The van der Waals surface area contributed by atoms with Gasteiger partial charge in [-0.1, -0.05) is 67.6 Å². The molecule has 184 valence electrons. The smallest absolute Gasteiger partial charge is 0.261 e. The number of aryl methyl sites for hydroxylation is 1. The van der Waals surface area contributed by atoms with Gasteiger partial charge < -0.3 is 15.0 Å². The van der Waals surface area contributed by atoms with Gasteiger partial charge in [-0.2, -0.15) is 0 Å². The van der Waals surface area contributed by atoms with E-state index in [-0.39, 0.29) is 25.1 Å². The minimum absolute atomic E-state index is 0.0490. The first kappa shape index (κ1) is 25.9. The average Bonchev–Trinajstić information content (AvgIpc) is 2.86. The molecule has 2 amide bonds. The molecule has 1 N–H and O–H groups in total. The predicted octanol–water partition coefficient (Wildman–Crippen LogP) is 4.93. The summed E-state index contributed by atoms with van der Waals surface area (Å²) in [5.41, 5.74) is 2.40. The zero-order valence-electron chi connectivity index (χ0n) is 20.5. The largest absolute Gasteiger partial charge is 0.484 e.